The molecular formula is C18H23F3N6O2. The Balaban J connectivity index is 1.98. The summed E-state index contributed by atoms with van der Waals surface area (Å²) in [7, 11) is 0. The third-order valence-corrected chi connectivity index (χ3v) is 4.96. The summed E-state index contributed by atoms with van der Waals surface area (Å²) >= 11 is 0. The summed E-state index contributed by atoms with van der Waals surface area (Å²) < 4.78 is 40.7. The summed E-state index contributed by atoms with van der Waals surface area (Å²) in [5.41, 5.74) is -1.84. The molecule has 1 fully saturated rings. The number of urea groups is 1. The number of hydrogen-bond acceptors (Lipinski definition) is 4. The molecule has 1 aliphatic heterocycles. The fourth-order valence-electron chi connectivity index (χ4n) is 3.06. The lowest BCUT2D eigenvalue weighted by atomic mass is 10.0. The largest absolute Gasteiger partial charge is 0.410 e. The first-order chi connectivity index (χ1) is 13.3. The summed E-state index contributed by atoms with van der Waals surface area (Å²) in [6.45, 7) is 8.25. The zero-order valence-corrected chi connectivity index (χ0v) is 16.8. The predicted octanol–water partition coefficient (Wildman–Crippen LogP) is 2.76. The molecule has 0 saturated carbocycles. The van der Waals surface area contributed by atoms with Gasteiger partial charge in [-0.2, -0.15) is 18.3 Å². The number of aromatic nitrogens is 3. The van der Waals surface area contributed by atoms with E-state index < -0.39 is 17.6 Å². The zero-order valence-electron chi connectivity index (χ0n) is 16.8. The molecule has 29 heavy (non-hydrogen) atoms. The van der Waals surface area contributed by atoms with Crippen molar-refractivity contribution in [3.8, 4) is 0 Å². The van der Waals surface area contributed by atoms with Gasteiger partial charge in [-0.15, -0.1) is 0 Å². The first-order valence-corrected chi connectivity index (χ1v) is 9.16. The van der Waals surface area contributed by atoms with Crippen LogP contribution in [0.4, 0.5) is 23.8 Å². The van der Waals surface area contributed by atoms with Gasteiger partial charge in [0.25, 0.3) is 5.91 Å². The molecule has 0 aromatic carbocycles. The standard InChI is InChI=1S/C18H23F3N6O2/c1-10(2)25-6-7-26(16(25)29)13-8-11(3)27-14(23-13)12(9-22-27)15(28)24-17(4,5)18(19,20)21/h8-10H,6-7H2,1-5H3,(H,24,28). The topological polar surface area (TPSA) is 82.8 Å². The van der Waals surface area contributed by atoms with Gasteiger partial charge in [-0.25, -0.2) is 14.3 Å². The van der Waals surface area contributed by atoms with Crippen molar-refractivity contribution in [2.75, 3.05) is 18.0 Å². The third kappa shape index (κ3) is 3.60. The maximum atomic E-state index is 13.1. The summed E-state index contributed by atoms with van der Waals surface area (Å²) in [5, 5.41) is 6.04. The number of anilines is 1. The summed E-state index contributed by atoms with van der Waals surface area (Å²) in [4.78, 5) is 32.7. The van der Waals surface area contributed by atoms with Gasteiger partial charge < -0.3 is 10.2 Å². The number of nitrogens with zero attached hydrogens (tertiary/aromatic N) is 5. The van der Waals surface area contributed by atoms with E-state index in [2.05, 4.69) is 10.1 Å². The number of hydrogen-bond donors (Lipinski definition) is 1. The molecule has 1 saturated heterocycles. The van der Waals surface area contributed by atoms with E-state index in [-0.39, 0.29) is 23.3 Å². The third-order valence-electron chi connectivity index (χ3n) is 4.96. The van der Waals surface area contributed by atoms with E-state index in [1.807, 2.05) is 19.2 Å². The highest BCUT2D eigenvalue weighted by molar-refractivity contribution is 6.00. The van der Waals surface area contributed by atoms with Crippen molar-refractivity contribution in [3.05, 3.63) is 23.5 Å². The van der Waals surface area contributed by atoms with Crippen molar-refractivity contribution < 1.29 is 22.8 Å². The molecule has 8 nitrogen and oxygen atoms in total. The maximum Gasteiger partial charge on any atom is 0.410 e. The van der Waals surface area contributed by atoms with Gasteiger partial charge in [0, 0.05) is 30.9 Å². The Morgan fingerprint density at radius 2 is 1.90 bits per heavy atom. The Labute approximate surface area is 165 Å². The van der Waals surface area contributed by atoms with Crippen molar-refractivity contribution in [1.29, 1.82) is 0 Å². The smallest absolute Gasteiger partial charge is 0.338 e. The van der Waals surface area contributed by atoms with Crippen LogP contribution in [-0.4, -0.2) is 62.3 Å². The summed E-state index contributed by atoms with van der Waals surface area (Å²) in [6.07, 6.45) is -3.45. The van der Waals surface area contributed by atoms with Crippen LogP contribution in [0, 0.1) is 6.92 Å². The predicted molar refractivity (Wildman–Crippen MR) is 99.9 cm³/mol. The van der Waals surface area contributed by atoms with E-state index in [0.717, 1.165) is 13.8 Å². The molecule has 1 aliphatic rings. The van der Waals surface area contributed by atoms with Gasteiger partial charge in [0.05, 0.1) is 6.20 Å². The van der Waals surface area contributed by atoms with Crippen molar-refractivity contribution in [3.63, 3.8) is 0 Å². The van der Waals surface area contributed by atoms with Gasteiger partial charge >= 0.3 is 12.2 Å². The number of amides is 3. The molecule has 0 bridgehead atoms. The lowest BCUT2D eigenvalue weighted by Gasteiger charge is -2.28. The van der Waals surface area contributed by atoms with E-state index >= 15 is 0 Å². The van der Waals surface area contributed by atoms with Crippen LogP contribution in [0.15, 0.2) is 12.3 Å². The van der Waals surface area contributed by atoms with Gasteiger partial charge in [0.15, 0.2) is 5.65 Å². The molecule has 0 atom stereocenters. The first-order valence-electron chi connectivity index (χ1n) is 9.16. The number of alkyl halides is 3. The number of carbonyl (C=O) groups excluding carboxylic acids is 2. The minimum atomic E-state index is -4.62. The molecule has 3 amide bonds. The van der Waals surface area contributed by atoms with Crippen LogP contribution in [0.2, 0.25) is 0 Å². The molecule has 0 unspecified atom stereocenters. The van der Waals surface area contributed by atoms with Gasteiger partial charge in [-0.1, -0.05) is 0 Å². The number of halogens is 3. The van der Waals surface area contributed by atoms with Crippen LogP contribution >= 0.6 is 0 Å². The van der Waals surface area contributed by atoms with Gasteiger partial charge in [0.1, 0.15) is 16.9 Å². The van der Waals surface area contributed by atoms with E-state index in [0.29, 0.717) is 24.6 Å². The average molecular weight is 412 g/mol. The molecule has 11 heteroatoms. The number of fused-ring (bicyclic) bond motifs is 1. The van der Waals surface area contributed by atoms with E-state index in [1.54, 1.807) is 17.9 Å². The SMILES string of the molecule is Cc1cc(N2CCN(C(C)C)C2=O)nc2c(C(=O)NC(C)(C)C(F)(F)F)cnn12. The van der Waals surface area contributed by atoms with Crippen molar-refractivity contribution in [2.24, 2.45) is 0 Å². The molecule has 0 radical (unpaired) electrons. The van der Waals surface area contributed by atoms with Crippen LogP contribution < -0.4 is 10.2 Å². The summed E-state index contributed by atoms with van der Waals surface area (Å²) in [5.74, 6) is -0.615. The minimum Gasteiger partial charge on any atom is -0.338 e. The second kappa shape index (κ2) is 6.89. The highest BCUT2D eigenvalue weighted by Gasteiger charge is 2.48. The maximum absolute atomic E-state index is 13.1. The summed E-state index contributed by atoms with van der Waals surface area (Å²) in [6, 6.07) is 1.47. The zero-order chi connectivity index (χ0) is 21.7. The van der Waals surface area contributed by atoms with Gasteiger partial charge in [-0.05, 0) is 34.6 Å². The molecular weight excluding hydrogens is 389 g/mol. The number of carbonyl (C=O) groups is 2. The second-order valence-corrected chi connectivity index (χ2v) is 7.85. The molecule has 158 valence electrons. The normalized spacial score (nSPS) is 15.7. The van der Waals surface area contributed by atoms with Crippen molar-refractivity contribution in [1.82, 2.24) is 24.8 Å². The molecule has 2 aromatic rings. The Kier molecular flexibility index (Phi) is 4.96. The molecule has 2 aromatic heterocycles. The van der Waals surface area contributed by atoms with E-state index in [9.17, 15) is 22.8 Å². The van der Waals surface area contributed by atoms with E-state index in [4.69, 9.17) is 0 Å². The van der Waals surface area contributed by atoms with Crippen LogP contribution in [0.5, 0.6) is 0 Å². The molecule has 1 N–H and O–H groups in total. The first kappa shape index (κ1) is 20.9. The fraction of sp³-hybridized carbons (Fsp3) is 0.556. The van der Waals surface area contributed by atoms with Crippen LogP contribution in [0.1, 0.15) is 43.7 Å². The van der Waals surface area contributed by atoms with Crippen molar-refractivity contribution in [2.45, 2.75) is 52.4 Å². The molecule has 0 spiro atoms. The molecule has 0 aliphatic carbocycles. The second-order valence-electron chi connectivity index (χ2n) is 7.85. The quantitative estimate of drug-likeness (QED) is 0.837. The lowest BCUT2D eigenvalue weighted by Crippen LogP contribution is -2.54. The van der Waals surface area contributed by atoms with Crippen molar-refractivity contribution >= 4 is 23.4 Å². The number of nitrogens with one attached hydrogen (secondary N) is 1. The Hall–Kier alpha value is -2.85. The number of rotatable bonds is 4. The lowest BCUT2D eigenvalue weighted by molar-refractivity contribution is -0.182. The Bertz CT molecular complexity index is 966. The number of aryl methyl sites for hydroxylation is 1. The Morgan fingerprint density at radius 1 is 1.24 bits per heavy atom. The Morgan fingerprint density at radius 3 is 2.45 bits per heavy atom. The highest BCUT2D eigenvalue weighted by atomic mass is 19.4. The van der Waals surface area contributed by atoms with Crippen LogP contribution in [0.3, 0.4) is 0 Å². The molecule has 3 rings (SSSR count). The van der Waals surface area contributed by atoms with Gasteiger partial charge in [-0.3, -0.25) is 9.69 Å². The average Bonchev–Trinajstić information content (AvgIpc) is 3.17. The minimum absolute atomic E-state index is 0.0261. The van der Waals surface area contributed by atoms with Crippen LogP contribution in [-0.2, 0) is 0 Å². The van der Waals surface area contributed by atoms with Gasteiger partial charge in [0.2, 0.25) is 0 Å². The van der Waals surface area contributed by atoms with Crippen LogP contribution in [0.25, 0.3) is 5.65 Å². The molecule has 3 heterocycles. The monoisotopic (exact) mass is 412 g/mol. The van der Waals surface area contributed by atoms with E-state index in [1.165, 1.54) is 15.6 Å². The highest BCUT2D eigenvalue weighted by Crippen LogP contribution is 2.30. The fourth-order valence-corrected chi connectivity index (χ4v) is 3.06.